The van der Waals surface area contributed by atoms with Crippen LogP contribution in [0.15, 0.2) is 18.3 Å². The van der Waals surface area contributed by atoms with Gasteiger partial charge >= 0.3 is 6.03 Å². The third kappa shape index (κ3) is 4.43. The van der Waals surface area contributed by atoms with Crippen LogP contribution in [0, 0.1) is 12.8 Å². The number of rotatable bonds is 4. The van der Waals surface area contributed by atoms with Gasteiger partial charge in [-0.05, 0) is 31.4 Å². The van der Waals surface area contributed by atoms with E-state index in [4.69, 9.17) is 0 Å². The number of pyridine rings is 1. The molecule has 1 aromatic heterocycles. The van der Waals surface area contributed by atoms with Crippen LogP contribution in [0.5, 0.6) is 0 Å². The average molecular weight is 291 g/mol. The zero-order valence-corrected chi connectivity index (χ0v) is 12.9. The highest BCUT2D eigenvalue weighted by atomic mass is 16.3. The molecule has 0 spiro atoms. The normalized spacial score (nSPS) is 21.9. The summed E-state index contributed by atoms with van der Waals surface area (Å²) in [4.78, 5) is 18.0. The van der Waals surface area contributed by atoms with E-state index in [0.717, 1.165) is 36.9 Å². The number of aryl methyl sites for hydroxylation is 1. The topological polar surface area (TPSA) is 65.5 Å². The van der Waals surface area contributed by atoms with Crippen molar-refractivity contribution in [2.24, 2.45) is 5.92 Å². The molecule has 2 rings (SSSR count). The molecule has 116 valence electrons. The van der Waals surface area contributed by atoms with Crippen LogP contribution in [-0.4, -0.2) is 40.7 Å². The highest BCUT2D eigenvalue weighted by molar-refractivity contribution is 5.73. The molecule has 0 bridgehead atoms. The minimum atomic E-state index is -0.271. The fourth-order valence-electron chi connectivity index (χ4n) is 2.83. The van der Waals surface area contributed by atoms with E-state index in [2.05, 4.69) is 10.3 Å². The Morgan fingerprint density at radius 2 is 2.24 bits per heavy atom. The minimum absolute atomic E-state index is 0.113. The van der Waals surface area contributed by atoms with Gasteiger partial charge in [0.25, 0.3) is 0 Å². The number of nitrogens with one attached hydrogen (secondary N) is 1. The van der Waals surface area contributed by atoms with Crippen molar-refractivity contribution in [2.45, 2.75) is 45.3 Å². The Labute approximate surface area is 126 Å². The molecule has 1 heterocycles. The molecule has 1 aliphatic rings. The molecule has 0 aromatic carbocycles. The maximum atomic E-state index is 12.1. The Morgan fingerprint density at radius 3 is 2.95 bits per heavy atom. The maximum absolute atomic E-state index is 12.1. The Balaban J connectivity index is 1.81. The van der Waals surface area contributed by atoms with E-state index < -0.39 is 0 Å². The van der Waals surface area contributed by atoms with Crippen molar-refractivity contribution in [2.75, 3.05) is 13.6 Å². The molecule has 21 heavy (non-hydrogen) atoms. The van der Waals surface area contributed by atoms with E-state index in [9.17, 15) is 9.90 Å². The van der Waals surface area contributed by atoms with Crippen molar-refractivity contribution in [3.05, 3.63) is 29.6 Å². The number of urea groups is 1. The van der Waals surface area contributed by atoms with Crippen LogP contribution in [0.3, 0.4) is 0 Å². The second kappa shape index (κ2) is 7.41. The molecule has 1 fully saturated rings. The van der Waals surface area contributed by atoms with Gasteiger partial charge in [0.1, 0.15) is 0 Å². The fraction of sp³-hybridized carbons (Fsp3) is 0.625. The Bertz CT molecular complexity index is 478. The van der Waals surface area contributed by atoms with Gasteiger partial charge in [-0.25, -0.2) is 4.79 Å². The molecule has 2 amide bonds. The second-order valence-corrected chi connectivity index (χ2v) is 5.92. The number of aliphatic hydroxyl groups is 1. The minimum Gasteiger partial charge on any atom is -0.393 e. The second-order valence-electron chi connectivity index (χ2n) is 5.92. The molecular weight excluding hydrogens is 266 g/mol. The first-order valence-corrected chi connectivity index (χ1v) is 7.65. The lowest BCUT2D eigenvalue weighted by Crippen LogP contribution is -2.42. The molecule has 1 saturated carbocycles. The molecule has 1 aliphatic carbocycles. The van der Waals surface area contributed by atoms with Crippen molar-refractivity contribution in [1.82, 2.24) is 15.2 Å². The molecule has 2 unspecified atom stereocenters. The first-order chi connectivity index (χ1) is 10.1. The van der Waals surface area contributed by atoms with E-state index in [-0.39, 0.29) is 18.1 Å². The van der Waals surface area contributed by atoms with Crippen LogP contribution in [0.1, 0.15) is 36.9 Å². The molecule has 0 radical (unpaired) electrons. The maximum Gasteiger partial charge on any atom is 0.317 e. The number of carbonyl (C=O) groups is 1. The average Bonchev–Trinajstić information content (AvgIpc) is 2.48. The van der Waals surface area contributed by atoms with Gasteiger partial charge in [-0.2, -0.15) is 0 Å². The summed E-state index contributed by atoms with van der Waals surface area (Å²) >= 11 is 0. The van der Waals surface area contributed by atoms with E-state index in [1.54, 1.807) is 18.1 Å². The van der Waals surface area contributed by atoms with Gasteiger partial charge in [0.15, 0.2) is 0 Å². The van der Waals surface area contributed by atoms with Crippen LogP contribution >= 0.6 is 0 Å². The summed E-state index contributed by atoms with van der Waals surface area (Å²) in [6, 6.07) is 3.76. The van der Waals surface area contributed by atoms with E-state index in [1.807, 2.05) is 19.1 Å². The lowest BCUT2D eigenvalue weighted by molar-refractivity contribution is 0.0565. The summed E-state index contributed by atoms with van der Waals surface area (Å²) in [5, 5.41) is 12.9. The monoisotopic (exact) mass is 291 g/mol. The van der Waals surface area contributed by atoms with Gasteiger partial charge in [-0.15, -0.1) is 0 Å². The number of aliphatic hydroxyl groups excluding tert-OH is 1. The number of carbonyl (C=O) groups excluding carboxylic acids is 1. The molecule has 2 atom stereocenters. The summed E-state index contributed by atoms with van der Waals surface area (Å²) in [6.45, 7) is 3.02. The predicted octanol–water partition coefficient (Wildman–Crippen LogP) is 2.08. The Hall–Kier alpha value is -1.62. The number of aromatic nitrogens is 1. The summed E-state index contributed by atoms with van der Waals surface area (Å²) in [5.74, 6) is 0.200. The molecule has 0 saturated heterocycles. The van der Waals surface area contributed by atoms with Crippen LogP contribution in [0.2, 0.25) is 0 Å². The Kier molecular flexibility index (Phi) is 5.56. The first kappa shape index (κ1) is 15.8. The molecule has 5 nitrogen and oxygen atoms in total. The predicted molar refractivity (Wildman–Crippen MR) is 81.8 cm³/mol. The lowest BCUT2D eigenvalue weighted by Gasteiger charge is -2.31. The van der Waals surface area contributed by atoms with Crippen molar-refractivity contribution >= 4 is 6.03 Å². The summed E-state index contributed by atoms with van der Waals surface area (Å²) in [7, 11) is 1.78. The van der Waals surface area contributed by atoms with E-state index >= 15 is 0 Å². The van der Waals surface area contributed by atoms with Gasteiger partial charge < -0.3 is 15.3 Å². The van der Waals surface area contributed by atoms with Crippen LogP contribution in [0.25, 0.3) is 0 Å². The number of amides is 2. The lowest BCUT2D eigenvalue weighted by atomic mass is 9.86. The van der Waals surface area contributed by atoms with Crippen LogP contribution < -0.4 is 5.32 Å². The van der Waals surface area contributed by atoms with Crippen molar-refractivity contribution < 1.29 is 9.90 Å². The van der Waals surface area contributed by atoms with Crippen LogP contribution in [0.4, 0.5) is 4.79 Å². The third-order valence-corrected chi connectivity index (χ3v) is 4.25. The Morgan fingerprint density at radius 1 is 1.48 bits per heavy atom. The zero-order chi connectivity index (χ0) is 15.2. The van der Waals surface area contributed by atoms with Gasteiger partial charge in [0.2, 0.25) is 0 Å². The fourth-order valence-corrected chi connectivity index (χ4v) is 2.83. The number of nitrogens with zero attached hydrogens (tertiary/aromatic N) is 2. The molecular formula is C16H25N3O2. The SMILES string of the molecule is Cc1cccnc1CNC(=O)N(C)CC1CCCCC1O. The van der Waals surface area contributed by atoms with Crippen molar-refractivity contribution in [1.29, 1.82) is 0 Å². The zero-order valence-electron chi connectivity index (χ0n) is 12.9. The quantitative estimate of drug-likeness (QED) is 0.892. The van der Waals surface area contributed by atoms with Crippen molar-refractivity contribution in [3.63, 3.8) is 0 Å². The van der Waals surface area contributed by atoms with Gasteiger partial charge in [-0.3, -0.25) is 4.98 Å². The molecule has 0 aliphatic heterocycles. The smallest absolute Gasteiger partial charge is 0.317 e. The highest BCUT2D eigenvalue weighted by Crippen LogP contribution is 2.24. The van der Waals surface area contributed by atoms with Gasteiger partial charge in [0.05, 0.1) is 18.3 Å². The summed E-state index contributed by atoms with van der Waals surface area (Å²) < 4.78 is 0. The standard InChI is InChI=1S/C16H25N3O2/c1-12-6-5-9-17-14(12)10-18-16(21)19(2)11-13-7-3-4-8-15(13)20/h5-6,9,13,15,20H,3-4,7-8,10-11H2,1-2H3,(H,18,21). The highest BCUT2D eigenvalue weighted by Gasteiger charge is 2.25. The number of hydrogen-bond acceptors (Lipinski definition) is 3. The molecule has 5 heteroatoms. The summed E-state index contributed by atoms with van der Waals surface area (Å²) in [5.41, 5.74) is 1.96. The number of hydrogen-bond donors (Lipinski definition) is 2. The molecule has 1 aromatic rings. The van der Waals surface area contributed by atoms with E-state index in [0.29, 0.717) is 13.1 Å². The summed E-state index contributed by atoms with van der Waals surface area (Å²) in [6.07, 6.45) is 5.55. The van der Waals surface area contributed by atoms with Crippen molar-refractivity contribution in [3.8, 4) is 0 Å². The largest absolute Gasteiger partial charge is 0.393 e. The van der Waals surface area contributed by atoms with E-state index in [1.165, 1.54) is 0 Å². The van der Waals surface area contributed by atoms with Gasteiger partial charge in [0, 0.05) is 25.7 Å². The first-order valence-electron chi connectivity index (χ1n) is 7.65. The van der Waals surface area contributed by atoms with Gasteiger partial charge in [-0.1, -0.05) is 18.9 Å². The molecule has 2 N–H and O–H groups in total. The third-order valence-electron chi connectivity index (χ3n) is 4.25. The van der Waals surface area contributed by atoms with Crippen LogP contribution in [-0.2, 0) is 6.54 Å².